The lowest BCUT2D eigenvalue weighted by Gasteiger charge is -1.86. The van der Waals surface area contributed by atoms with E-state index in [2.05, 4.69) is 5.73 Å². The fraction of sp³-hybridized carbons (Fsp3) is 0. The summed E-state index contributed by atoms with van der Waals surface area (Å²) in [5.74, 6) is 0.289. The Kier molecular flexibility index (Phi) is 11.1. The molecule has 6 heteroatoms. The number of hydrogen-bond donors (Lipinski definition) is 3. The third-order valence-electron chi connectivity index (χ3n) is 1.82. The van der Waals surface area contributed by atoms with Gasteiger partial charge in [0.15, 0.2) is 11.5 Å². The molecule has 0 fully saturated rings. The van der Waals surface area contributed by atoms with Crippen LogP contribution in [-0.2, 0) is 4.79 Å². The molecule has 1 aliphatic rings. The number of hydrogen-bond acceptors (Lipinski definition) is 2. The summed E-state index contributed by atoms with van der Waals surface area (Å²) in [7, 11) is 0. The lowest BCUT2D eigenvalue weighted by Crippen LogP contribution is -3.00. The number of ketones is 1. The summed E-state index contributed by atoms with van der Waals surface area (Å²) >= 11 is 0. The van der Waals surface area contributed by atoms with Crippen LogP contribution in [0.4, 0.5) is 5.69 Å². The number of carbonyl (C=O) groups is 1. The molecule has 0 saturated heterocycles. The third kappa shape index (κ3) is 8.37. The number of aromatic hydroxyl groups is 1. The Labute approximate surface area is 140 Å². The summed E-state index contributed by atoms with van der Waals surface area (Å²) in [4.78, 5) is 10.4. The second-order valence-corrected chi connectivity index (χ2v) is 3.24. The van der Waals surface area contributed by atoms with Gasteiger partial charge in [0.25, 0.3) is 0 Å². The number of quaternary nitrogens is 1. The molecule has 0 amide bonds. The number of carbonyl (C=O) groups excluding carboxylic acids is 1. The number of nitrogens with two attached hydrogens (primary N) is 1. The van der Waals surface area contributed by atoms with Gasteiger partial charge in [-0.1, -0.05) is 0 Å². The van der Waals surface area contributed by atoms with Crippen molar-refractivity contribution < 1.29 is 69.0 Å². The van der Waals surface area contributed by atoms with Crippen molar-refractivity contribution in [3.05, 3.63) is 48.6 Å². The van der Waals surface area contributed by atoms with Crippen molar-refractivity contribution >= 4 is 17.2 Å². The maximum Gasteiger partial charge on any atom is 0.196 e. The van der Waals surface area contributed by atoms with Crippen molar-refractivity contribution in [2.45, 2.75) is 0 Å². The number of halogens is 2. The molecular weight excluding hydrogens is 458 g/mol. The molecule has 1 aliphatic carbocycles. The van der Waals surface area contributed by atoms with Gasteiger partial charge in [-0.05, 0) is 24.3 Å². The molecule has 98 valence electrons. The van der Waals surface area contributed by atoms with Gasteiger partial charge in [-0.3, -0.25) is 10.2 Å². The summed E-state index contributed by atoms with van der Waals surface area (Å²) in [6, 6.07) is 6.75. The highest BCUT2D eigenvalue weighted by Crippen LogP contribution is 2.08. The topological polar surface area (TPSA) is 90.5 Å². The molecule has 0 radical (unpaired) electrons. The van der Waals surface area contributed by atoms with E-state index < -0.39 is 0 Å². The van der Waals surface area contributed by atoms with Crippen LogP contribution in [0.5, 0.6) is 5.75 Å². The average Bonchev–Trinajstić information content (AvgIpc) is 2.28. The van der Waals surface area contributed by atoms with E-state index in [4.69, 9.17) is 10.5 Å². The van der Waals surface area contributed by atoms with Crippen molar-refractivity contribution in [1.29, 1.82) is 0 Å². The first kappa shape index (κ1) is 19.6. The SMILES string of the molecule is [I-].[I-].[NH2+]=C1C=CC(=O)C=C1.[NH3+]c1ccc(O)cc1. The highest BCUT2D eigenvalue weighted by molar-refractivity contribution is 6.14. The predicted octanol–water partition coefficient (Wildman–Crippen LogP) is -6.84. The smallest absolute Gasteiger partial charge is 0.196 e. The zero-order valence-electron chi connectivity index (χ0n) is 9.51. The molecule has 0 bridgehead atoms. The summed E-state index contributed by atoms with van der Waals surface area (Å²) in [6.45, 7) is 0. The molecule has 0 atom stereocenters. The van der Waals surface area contributed by atoms with Gasteiger partial charge >= 0.3 is 0 Å². The molecule has 18 heavy (non-hydrogen) atoms. The Bertz CT molecular complexity index is 395. The van der Waals surface area contributed by atoms with Gasteiger partial charge in [0.1, 0.15) is 11.4 Å². The Morgan fingerprint density at radius 1 is 0.944 bits per heavy atom. The standard InChI is InChI=1S/C6H7NO.C6H5NO.2HI/c2*7-5-1-3-6(8)4-2-5;;/h1-4,8H,7H2;1-4,7H;2*1H. The van der Waals surface area contributed by atoms with E-state index in [9.17, 15) is 4.79 Å². The van der Waals surface area contributed by atoms with Gasteiger partial charge in [0, 0.05) is 24.3 Å². The monoisotopic (exact) mass is 472 g/mol. The fourth-order valence-electron chi connectivity index (χ4n) is 0.964. The minimum Gasteiger partial charge on any atom is -1.00 e. The maximum atomic E-state index is 10.4. The Hall–Kier alpha value is -0.740. The number of rotatable bonds is 0. The first-order valence-corrected chi connectivity index (χ1v) is 4.71. The molecule has 2 rings (SSSR count). The van der Waals surface area contributed by atoms with Crippen LogP contribution in [-0.4, -0.2) is 16.6 Å². The number of phenolic OH excluding ortho intramolecular Hbond substituents is 1. The average molecular weight is 472 g/mol. The lowest BCUT2D eigenvalue weighted by molar-refractivity contribution is -0.254. The minimum atomic E-state index is -0.000741. The van der Waals surface area contributed by atoms with Crippen LogP contribution in [0.3, 0.4) is 0 Å². The molecule has 0 heterocycles. The van der Waals surface area contributed by atoms with Crippen LogP contribution >= 0.6 is 0 Å². The van der Waals surface area contributed by atoms with Crippen LogP contribution < -0.4 is 59.1 Å². The number of allylic oxidation sites excluding steroid dienone is 4. The third-order valence-corrected chi connectivity index (χ3v) is 1.82. The number of phenols is 1. The molecular formula is C12H14I2N2O2. The largest absolute Gasteiger partial charge is 1.00 e. The van der Waals surface area contributed by atoms with Gasteiger partial charge < -0.3 is 58.8 Å². The second-order valence-electron chi connectivity index (χ2n) is 3.24. The maximum absolute atomic E-state index is 10.4. The van der Waals surface area contributed by atoms with Gasteiger partial charge in [-0.2, -0.15) is 0 Å². The summed E-state index contributed by atoms with van der Waals surface area (Å²) in [5, 5.41) is 14.0. The fourth-order valence-corrected chi connectivity index (χ4v) is 0.964. The molecule has 0 spiro atoms. The minimum absolute atomic E-state index is 0. The highest BCUT2D eigenvalue weighted by atomic mass is 127. The summed E-state index contributed by atoms with van der Waals surface area (Å²) in [5.41, 5.74) is 5.20. The van der Waals surface area contributed by atoms with Crippen LogP contribution in [0.2, 0.25) is 0 Å². The van der Waals surface area contributed by atoms with Gasteiger partial charge in [0.05, 0.1) is 0 Å². The van der Waals surface area contributed by atoms with Crippen molar-refractivity contribution in [3.8, 4) is 5.75 Å². The molecule has 0 saturated carbocycles. The van der Waals surface area contributed by atoms with Crippen LogP contribution in [0.1, 0.15) is 0 Å². The first-order chi connectivity index (χ1) is 7.58. The van der Waals surface area contributed by atoms with Crippen molar-refractivity contribution in [2.75, 3.05) is 0 Å². The van der Waals surface area contributed by atoms with Crippen LogP contribution in [0, 0.1) is 0 Å². The normalized spacial score (nSPS) is 11.8. The number of benzene rings is 1. The van der Waals surface area contributed by atoms with Crippen molar-refractivity contribution in [3.63, 3.8) is 0 Å². The van der Waals surface area contributed by atoms with Gasteiger partial charge in [-0.15, -0.1) is 0 Å². The van der Waals surface area contributed by atoms with E-state index in [1.807, 2.05) is 0 Å². The molecule has 1 aromatic rings. The second kappa shape index (κ2) is 10.2. The van der Waals surface area contributed by atoms with E-state index in [0.29, 0.717) is 5.71 Å². The Morgan fingerprint density at radius 3 is 1.72 bits per heavy atom. The van der Waals surface area contributed by atoms with Crippen molar-refractivity contribution in [1.82, 2.24) is 0 Å². The van der Waals surface area contributed by atoms with E-state index >= 15 is 0 Å². The molecule has 0 aliphatic heterocycles. The summed E-state index contributed by atoms with van der Waals surface area (Å²) < 4.78 is 0. The Morgan fingerprint density at radius 2 is 1.39 bits per heavy atom. The predicted molar refractivity (Wildman–Crippen MR) is 60.9 cm³/mol. The van der Waals surface area contributed by atoms with Gasteiger partial charge in [-0.25, -0.2) is 0 Å². The van der Waals surface area contributed by atoms with E-state index in [1.165, 1.54) is 12.2 Å². The molecule has 0 aromatic heterocycles. The first-order valence-electron chi connectivity index (χ1n) is 4.71. The van der Waals surface area contributed by atoms with Crippen LogP contribution in [0.15, 0.2) is 48.6 Å². The zero-order valence-corrected chi connectivity index (χ0v) is 13.8. The quantitative estimate of drug-likeness (QED) is 0.259. The van der Waals surface area contributed by atoms with Crippen molar-refractivity contribution in [2.24, 2.45) is 0 Å². The zero-order chi connectivity index (χ0) is 12.0. The van der Waals surface area contributed by atoms with Crippen LogP contribution in [0.25, 0.3) is 0 Å². The molecule has 1 aromatic carbocycles. The highest BCUT2D eigenvalue weighted by Gasteiger charge is 1.99. The lowest BCUT2D eigenvalue weighted by atomic mass is 10.2. The van der Waals surface area contributed by atoms with Gasteiger partial charge in [0.2, 0.25) is 0 Å². The van der Waals surface area contributed by atoms with E-state index in [0.717, 1.165) is 5.69 Å². The summed E-state index contributed by atoms with van der Waals surface area (Å²) in [6.07, 6.45) is 6.05. The van der Waals surface area contributed by atoms with E-state index in [-0.39, 0.29) is 59.5 Å². The molecule has 4 nitrogen and oxygen atoms in total. The molecule has 6 N–H and O–H groups in total. The van der Waals surface area contributed by atoms with E-state index in [1.54, 1.807) is 36.4 Å². The Balaban J connectivity index is 0. The molecule has 0 unspecified atom stereocenters.